The van der Waals surface area contributed by atoms with Crippen LogP contribution in [0.25, 0.3) is 11.3 Å². The first kappa shape index (κ1) is 14.3. The predicted molar refractivity (Wildman–Crippen MR) is 83.0 cm³/mol. The average molecular weight is 350 g/mol. The number of nitrogens with zero attached hydrogens (tertiary/aromatic N) is 2. The Bertz CT molecular complexity index is 639. The van der Waals surface area contributed by atoms with Crippen LogP contribution in [0.3, 0.4) is 0 Å². The molecule has 1 aromatic heterocycles. The Hall–Kier alpha value is -1.66. The van der Waals surface area contributed by atoms with Crippen molar-refractivity contribution in [2.24, 2.45) is 0 Å². The highest BCUT2D eigenvalue weighted by atomic mass is 79.9. The second-order valence-corrected chi connectivity index (χ2v) is 6.02. The minimum absolute atomic E-state index is 0.0268. The molecule has 0 unspecified atom stereocenters. The fourth-order valence-electron chi connectivity index (χ4n) is 2.37. The van der Waals surface area contributed by atoms with E-state index in [1.54, 1.807) is 11.0 Å². The first-order chi connectivity index (χ1) is 10.1. The third kappa shape index (κ3) is 3.16. The first-order valence-corrected chi connectivity index (χ1v) is 7.65. The SMILES string of the molecule is C[C@@H]1CN(C(=O)c2cc(-c3ccc(Br)cc3)n[nH]2)CCO1. The summed E-state index contributed by atoms with van der Waals surface area (Å²) in [6, 6.07) is 9.63. The van der Waals surface area contributed by atoms with E-state index in [2.05, 4.69) is 26.1 Å². The zero-order valence-electron chi connectivity index (χ0n) is 11.7. The molecule has 2 aromatic rings. The van der Waals surface area contributed by atoms with E-state index >= 15 is 0 Å². The summed E-state index contributed by atoms with van der Waals surface area (Å²) in [6.45, 7) is 3.79. The molecule has 1 aliphatic rings. The third-order valence-corrected chi connectivity index (χ3v) is 4.01. The number of hydrogen-bond acceptors (Lipinski definition) is 3. The lowest BCUT2D eigenvalue weighted by atomic mass is 10.1. The number of carbonyl (C=O) groups excluding carboxylic acids is 1. The van der Waals surface area contributed by atoms with Crippen LogP contribution in [0.2, 0.25) is 0 Å². The third-order valence-electron chi connectivity index (χ3n) is 3.48. The number of nitrogens with one attached hydrogen (secondary N) is 1. The molecular weight excluding hydrogens is 334 g/mol. The van der Waals surface area contributed by atoms with Crippen molar-refractivity contribution in [2.75, 3.05) is 19.7 Å². The zero-order valence-corrected chi connectivity index (χ0v) is 13.3. The van der Waals surface area contributed by atoms with Crippen LogP contribution in [0, 0.1) is 0 Å². The van der Waals surface area contributed by atoms with Crippen LogP contribution in [0.4, 0.5) is 0 Å². The van der Waals surface area contributed by atoms with E-state index in [0.717, 1.165) is 15.7 Å². The van der Waals surface area contributed by atoms with Crippen LogP contribution >= 0.6 is 15.9 Å². The van der Waals surface area contributed by atoms with Gasteiger partial charge in [0.15, 0.2) is 0 Å². The van der Waals surface area contributed by atoms with Crippen LogP contribution in [-0.2, 0) is 4.74 Å². The Morgan fingerprint density at radius 2 is 2.19 bits per heavy atom. The molecule has 5 nitrogen and oxygen atoms in total. The van der Waals surface area contributed by atoms with Gasteiger partial charge in [-0.05, 0) is 25.1 Å². The Morgan fingerprint density at radius 3 is 2.90 bits per heavy atom. The van der Waals surface area contributed by atoms with Gasteiger partial charge in [0.2, 0.25) is 0 Å². The molecule has 110 valence electrons. The van der Waals surface area contributed by atoms with Crippen molar-refractivity contribution in [3.05, 3.63) is 40.5 Å². The topological polar surface area (TPSA) is 58.2 Å². The monoisotopic (exact) mass is 349 g/mol. The van der Waals surface area contributed by atoms with Gasteiger partial charge in [0, 0.05) is 23.1 Å². The highest BCUT2D eigenvalue weighted by Gasteiger charge is 2.23. The van der Waals surface area contributed by atoms with E-state index < -0.39 is 0 Å². The van der Waals surface area contributed by atoms with Crippen LogP contribution in [0.5, 0.6) is 0 Å². The number of H-pyrrole nitrogens is 1. The fourth-order valence-corrected chi connectivity index (χ4v) is 2.64. The highest BCUT2D eigenvalue weighted by Crippen LogP contribution is 2.21. The Kier molecular flexibility index (Phi) is 4.07. The second kappa shape index (κ2) is 5.99. The van der Waals surface area contributed by atoms with E-state index in [-0.39, 0.29) is 12.0 Å². The summed E-state index contributed by atoms with van der Waals surface area (Å²) in [7, 11) is 0. The number of rotatable bonds is 2. The van der Waals surface area contributed by atoms with Crippen molar-refractivity contribution in [1.82, 2.24) is 15.1 Å². The summed E-state index contributed by atoms with van der Waals surface area (Å²) >= 11 is 3.40. The van der Waals surface area contributed by atoms with Gasteiger partial charge in [0.05, 0.1) is 18.4 Å². The van der Waals surface area contributed by atoms with Gasteiger partial charge in [-0.1, -0.05) is 28.1 Å². The minimum atomic E-state index is -0.0268. The molecule has 3 rings (SSSR count). The second-order valence-electron chi connectivity index (χ2n) is 5.11. The van der Waals surface area contributed by atoms with Gasteiger partial charge in [0.1, 0.15) is 5.69 Å². The van der Waals surface area contributed by atoms with Crippen molar-refractivity contribution in [3.63, 3.8) is 0 Å². The standard InChI is InChI=1S/C15H16BrN3O2/c1-10-9-19(6-7-21-10)15(20)14-8-13(17-18-14)11-2-4-12(16)5-3-11/h2-5,8,10H,6-7,9H2,1H3,(H,17,18)/t10-/m1/s1. The molecule has 0 saturated carbocycles. The molecule has 1 aliphatic heterocycles. The maximum Gasteiger partial charge on any atom is 0.272 e. The summed E-state index contributed by atoms with van der Waals surface area (Å²) in [5.74, 6) is -0.0268. The maximum absolute atomic E-state index is 12.4. The Labute approximate surface area is 131 Å². The minimum Gasteiger partial charge on any atom is -0.375 e. The molecule has 0 spiro atoms. The smallest absolute Gasteiger partial charge is 0.272 e. The van der Waals surface area contributed by atoms with Gasteiger partial charge in [-0.25, -0.2) is 0 Å². The molecular formula is C15H16BrN3O2. The van der Waals surface area contributed by atoms with Gasteiger partial charge in [0.25, 0.3) is 5.91 Å². The van der Waals surface area contributed by atoms with E-state index in [1.807, 2.05) is 31.2 Å². The normalized spacial score (nSPS) is 18.8. The lowest BCUT2D eigenvalue weighted by molar-refractivity contribution is -0.0126. The van der Waals surface area contributed by atoms with Gasteiger partial charge in [-0.15, -0.1) is 0 Å². The van der Waals surface area contributed by atoms with Crippen LogP contribution in [-0.4, -0.2) is 46.8 Å². The van der Waals surface area contributed by atoms with Crippen molar-refractivity contribution < 1.29 is 9.53 Å². The highest BCUT2D eigenvalue weighted by molar-refractivity contribution is 9.10. The number of ether oxygens (including phenoxy) is 1. The predicted octanol–water partition coefficient (Wildman–Crippen LogP) is 2.70. The molecule has 21 heavy (non-hydrogen) atoms. The molecule has 1 fully saturated rings. The first-order valence-electron chi connectivity index (χ1n) is 6.86. The molecule has 0 radical (unpaired) electrons. The fraction of sp³-hybridized carbons (Fsp3) is 0.333. The Morgan fingerprint density at radius 1 is 1.43 bits per heavy atom. The molecule has 1 saturated heterocycles. The summed E-state index contributed by atoms with van der Waals surface area (Å²) in [4.78, 5) is 14.2. The molecule has 2 heterocycles. The number of carbonyl (C=O) groups is 1. The average Bonchev–Trinajstić information content (AvgIpc) is 2.97. The molecule has 0 bridgehead atoms. The molecule has 1 N–H and O–H groups in total. The Balaban J connectivity index is 1.78. The number of aromatic nitrogens is 2. The number of hydrogen-bond donors (Lipinski definition) is 1. The van der Waals surface area contributed by atoms with E-state index in [0.29, 0.717) is 25.4 Å². The number of morpholine rings is 1. The number of aromatic amines is 1. The maximum atomic E-state index is 12.4. The number of amides is 1. The molecule has 1 atom stereocenters. The summed E-state index contributed by atoms with van der Waals surface area (Å²) in [5.41, 5.74) is 2.26. The molecule has 6 heteroatoms. The lowest BCUT2D eigenvalue weighted by Crippen LogP contribution is -2.44. The van der Waals surface area contributed by atoms with E-state index in [4.69, 9.17) is 4.74 Å². The van der Waals surface area contributed by atoms with Gasteiger partial charge < -0.3 is 9.64 Å². The van der Waals surface area contributed by atoms with E-state index in [9.17, 15) is 4.79 Å². The van der Waals surface area contributed by atoms with Gasteiger partial charge in [-0.3, -0.25) is 9.89 Å². The number of halogens is 1. The quantitative estimate of drug-likeness (QED) is 0.906. The molecule has 1 amide bonds. The van der Waals surface area contributed by atoms with Gasteiger partial charge >= 0.3 is 0 Å². The summed E-state index contributed by atoms with van der Waals surface area (Å²) < 4.78 is 6.47. The molecule has 1 aromatic carbocycles. The van der Waals surface area contributed by atoms with Crippen molar-refractivity contribution in [3.8, 4) is 11.3 Å². The van der Waals surface area contributed by atoms with Crippen LogP contribution < -0.4 is 0 Å². The summed E-state index contributed by atoms with van der Waals surface area (Å²) in [5, 5.41) is 7.07. The number of benzene rings is 1. The van der Waals surface area contributed by atoms with Crippen LogP contribution in [0.1, 0.15) is 17.4 Å². The van der Waals surface area contributed by atoms with E-state index in [1.165, 1.54) is 0 Å². The van der Waals surface area contributed by atoms with Gasteiger partial charge in [-0.2, -0.15) is 5.10 Å². The van der Waals surface area contributed by atoms with Crippen molar-refractivity contribution >= 4 is 21.8 Å². The largest absolute Gasteiger partial charge is 0.375 e. The van der Waals surface area contributed by atoms with Crippen molar-refractivity contribution in [2.45, 2.75) is 13.0 Å². The lowest BCUT2D eigenvalue weighted by Gasteiger charge is -2.30. The zero-order chi connectivity index (χ0) is 14.8. The summed E-state index contributed by atoms with van der Waals surface area (Å²) in [6.07, 6.45) is 0.0802. The van der Waals surface area contributed by atoms with Crippen molar-refractivity contribution in [1.29, 1.82) is 0 Å². The van der Waals surface area contributed by atoms with Crippen LogP contribution in [0.15, 0.2) is 34.8 Å². The molecule has 0 aliphatic carbocycles.